The van der Waals surface area contributed by atoms with Crippen molar-refractivity contribution in [3.63, 3.8) is 0 Å². The van der Waals surface area contributed by atoms with Gasteiger partial charge in [0.2, 0.25) is 0 Å². The summed E-state index contributed by atoms with van der Waals surface area (Å²) >= 11 is 18.0. The largest absolute Gasteiger partial charge is 0.398 e. The van der Waals surface area contributed by atoms with Gasteiger partial charge in [-0.05, 0) is 42.8 Å². The molecule has 0 aliphatic heterocycles. The van der Waals surface area contributed by atoms with Crippen molar-refractivity contribution in [2.45, 2.75) is 13.2 Å². The minimum Gasteiger partial charge on any atom is -0.398 e. The van der Waals surface area contributed by atoms with Gasteiger partial charge in [0.05, 0.1) is 22.1 Å². The average molecular weight is 386 g/mol. The Morgan fingerprint density at radius 1 is 1.00 bits per heavy atom. The zero-order valence-corrected chi connectivity index (χ0v) is 14.9. The molecule has 0 aromatic heterocycles. The highest BCUT2D eigenvalue weighted by atomic mass is 35.5. The molecule has 0 saturated heterocycles. The molecule has 0 aliphatic carbocycles. The molecule has 0 fully saturated rings. The van der Waals surface area contributed by atoms with Crippen LogP contribution in [0.1, 0.15) is 12.5 Å². The second-order valence-corrected chi connectivity index (χ2v) is 6.30. The number of halogens is 3. The third kappa shape index (κ3) is 4.50. The Hall–Kier alpha value is -1.56. The van der Waals surface area contributed by atoms with Gasteiger partial charge < -0.3 is 15.9 Å². The van der Waals surface area contributed by atoms with Crippen molar-refractivity contribution in [2.75, 3.05) is 0 Å². The first kappa shape index (κ1) is 18.8. The van der Waals surface area contributed by atoms with Gasteiger partial charge in [0.25, 0.3) is 0 Å². The van der Waals surface area contributed by atoms with Crippen molar-refractivity contribution in [2.24, 2.45) is 10.7 Å². The molecule has 2 aromatic rings. The van der Waals surface area contributed by atoms with E-state index in [1.165, 1.54) is 0 Å². The molecule has 7 heteroatoms. The van der Waals surface area contributed by atoms with Crippen LogP contribution < -0.4 is 5.73 Å². The van der Waals surface area contributed by atoms with Crippen LogP contribution >= 0.6 is 34.8 Å². The number of hydrogen-bond donors (Lipinski definition) is 3. The van der Waals surface area contributed by atoms with Gasteiger partial charge in [-0.3, -0.25) is 0 Å². The molecular weight excluding hydrogens is 371 g/mol. The van der Waals surface area contributed by atoms with E-state index in [0.717, 1.165) is 0 Å². The lowest BCUT2D eigenvalue weighted by atomic mass is 10.0. The molecule has 4 N–H and O–H groups in total. The number of hydrogen-bond acceptors (Lipinski definition) is 4. The Kier molecular flexibility index (Phi) is 6.27. The van der Waals surface area contributed by atoms with E-state index < -0.39 is 6.29 Å². The normalized spacial score (nSPS) is 13.2. The second kappa shape index (κ2) is 8.01. The van der Waals surface area contributed by atoms with E-state index in [9.17, 15) is 10.2 Å². The standard InChI is InChI=1S/C17H15Cl3N2O2/c1-9(15(21)17(23)24)16(10-2-4-11(18)5-3-10)22-14-7-6-12(19)8-13(14)20/h2-8,17,23-24H,21H2,1H3. The van der Waals surface area contributed by atoms with E-state index in [1.807, 2.05) is 0 Å². The van der Waals surface area contributed by atoms with Gasteiger partial charge >= 0.3 is 0 Å². The summed E-state index contributed by atoms with van der Waals surface area (Å²) in [5, 5.41) is 20.1. The van der Waals surface area contributed by atoms with Crippen molar-refractivity contribution >= 4 is 46.2 Å². The van der Waals surface area contributed by atoms with Crippen molar-refractivity contribution < 1.29 is 10.2 Å². The minimum atomic E-state index is -1.79. The van der Waals surface area contributed by atoms with Crippen LogP contribution in [0.5, 0.6) is 0 Å². The number of rotatable bonds is 4. The van der Waals surface area contributed by atoms with Crippen LogP contribution in [0.15, 0.2) is 58.7 Å². The maximum atomic E-state index is 9.34. The van der Waals surface area contributed by atoms with E-state index >= 15 is 0 Å². The highest BCUT2D eigenvalue weighted by Gasteiger charge is 2.15. The van der Waals surface area contributed by atoms with Crippen LogP contribution in [0.2, 0.25) is 15.1 Å². The molecule has 2 aromatic carbocycles. The van der Waals surface area contributed by atoms with Gasteiger partial charge in [-0.1, -0.05) is 46.9 Å². The van der Waals surface area contributed by atoms with Crippen LogP contribution in [0.4, 0.5) is 5.69 Å². The Labute approximate surface area is 154 Å². The monoisotopic (exact) mass is 384 g/mol. The molecule has 0 heterocycles. The zero-order chi connectivity index (χ0) is 17.9. The smallest absolute Gasteiger partial charge is 0.193 e. The number of aliphatic hydroxyl groups is 2. The summed E-state index contributed by atoms with van der Waals surface area (Å²) in [6, 6.07) is 11.8. The molecule has 0 unspecified atom stereocenters. The predicted octanol–water partition coefficient (Wildman–Crippen LogP) is 4.31. The third-order valence-electron chi connectivity index (χ3n) is 3.33. The fourth-order valence-corrected chi connectivity index (χ4v) is 2.57. The second-order valence-electron chi connectivity index (χ2n) is 5.02. The highest BCUT2D eigenvalue weighted by Crippen LogP contribution is 2.30. The Balaban J connectivity index is 2.64. The van der Waals surface area contributed by atoms with Gasteiger partial charge in [0, 0.05) is 15.6 Å². The van der Waals surface area contributed by atoms with Gasteiger partial charge in [-0.2, -0.15) is 0 Å². The summed E-state index contributed by atoms with van der Waals surface area (Å²) in [4.78, 5) is 4.53. The average Bonchev–Trinajstić information content (AvgIpc) is 2.54. The van der Waals surface area contributed by atoms with Crippen molar-refractivity contribution in [1.82, 2.24) is 0 Å². The minimum absolute atomic E-state index is 0.103. The van der Waals surface area contributed by atoms with Crippen LogP contribution in [0.25, 0.3) is 0 Å². The SMILES string of the molecule is CC(C(=Nc1ccc(Cl)cc1Cl)c1ccc(Cl)cc1)=C(N)C(O)O. The maximum Gasteiger partial charge on any atom is 0.193 e. The van der Waals surface area contributed by atoms with E-state index in [0.29, 0.717) is 37.6 Å². The number of aliphatic imine (C=N–C) groups is 1. The lowest BCUT2D eigenvalue weighted by Gasteiger charge is -2.13. The van der Waals surface area contributed by atoms with E-state index in [-0.39, 0.29) is 5.70 Å². The quantitative estimate of drug-likeness (QED) is 0.542. The molecule has 4 nitrogen and oxygen atoms in total. The van der Waals surface area contributed by atoms with Crippen molar-refractivity contribution in [1.29, 1.82) is 0 Å². The summed E-state index contributed by atoms with van der Waals surface area (Å²) in [5.74, 6) is 0. The zero-order valence-electron chi connectivity index (χ0n) is 12.7. The highest BCUT2D eigenvalue weighted by molar-refractivity contribution is 6.36. The number of benzene rings is 2. The number of nitrogens with zero attached hydrogens (tertiary/aromatic N) is 1. The molecule has 0 spiro atoms. The first-order chi connectivity index (χ1) is 11.3. The van der Waals surface area contributed by atoms with E-state index in [4.69, 9.17) is 40.5 Å². The maximum absolute atomic E-state index is 9.34. The first-order valence-electron chi connectivity index (χ1n) is 6.92. The van der Waals surface area contributed by atoms with Crippen molar-refractivity contribution in [3.05, 3.63) is 74.4 Å². The third-order valence-corrected chi connectivity index (χ3v) is 4.12. The molecule has 0 atom stereocenters. The summed E-state index contributed by atoms with van der Waals surface area (Å²) in [7, 11) is 0. The summed E-state index contributed by atoms with van der Waals surface area (Å²) in [6.45, 7) is 1.64. The topological polar surface area (TPSA) is 78.8 Å². The van der Waals surface area contributed by atoms with Crippen LogP contribution in [-0.4, -0.2) is 22.2 Å². The van der Waals surface area contributed by atoms with Crippen molar-refractivity contribution in [3.8, 4) is 0 Å². The van der Waals surface area contributed by atoms with Crippen LogP contribution in [0, 0.1) is 0 Å². The molecule has 0 aliphatic rings. The molecule has 24 heavy (non-hydrogen) atoms. The van der Waals surface area contributed by atoms with Crippen LogP contribution in [-0.2, 0) is 0 Å². The lowest BCUT2D eigenvalue weighted by molar-refractivity contribution is -0.00931. The molecule has 0 bridgehead atoms. The van der Waals surface area contributed by atoms with Gasteiger partial charge in [0.15, 0.2) is 6.29 Å². The number of aliphatic hydroxyl groups excluding tert-OH is 1. The molecule has 126 valence electrons. The molecule has 2 rings (SSSR count). The van der Waals surface area contributed by atoms with Gasteiger partial charge in [-0.25, -0.2) is 4.99 Å². The summed E-state index contributed by atoms with van der Waals surface area (Å²) in [5.41, 5.74) is 7.70. The Morgan fingerprint density at radius 3 is 2.12 bits per heavy atom. The van der Waals surface area contributed by atoms with E-state index in [2.05, 4.69) is 4.99 Å². The number of allylic oxidation sites excluding steroid dienone is 1. The summed E-state index contributed by atoms with van der Waals surface area (Å²) < 4.78 is 0. The first-order valence-corrected chi connectivity index (χ1v) is 8.05. The van der Waals surface area contributed by atoms with E-state index in [1.54, 1.807) is 49.4 Å². The molecule has 0 saturated carbocycles. The Bertz CT molecular complexity index is 800. The number of nitrogens with two attached hydrogens (primary N) is 1. The van der Waals surface area contributed by atoms with Crippen LogP contribution in [0.3, 0.4) is 0 Å². The fourth-order valence-electron chi connectivity index (χ4n) is 2.00. The summed E-state index contributed by atoms with van der Waals surface area (Å²) in [6.07, 6.45) is -1.79. The molecular formula is C17H15Cl3N2O2. The predicted molar refractivity (Wildman–Crippen MR) is 99.2 cm³/mol. The lowest BCUT2D eigenvalue weighted by Crippen LogP contribution is -2.21. The van der Waals surface area contributed by atoms with Gasteiger partial charge in [-0.15, -0.1) is 0 Å². The molecule has 0 radical (unpaired) electrons. The fraction of sp³-hybridized carbons (Fsp3) is 0.118. The van der Waals surface area contributed by atoms with Gasteiger partial charge in [0.1, 0.15) is 0 Å². The Morgan fingerprint density at radius 2 is 1.58 bits per heavy atom. The molecule has 0 amide bonds.